The Bertz CT molecular complexity index is 847. The molecule has 26 heavy (non-hydrogen) atoms. The molecule has 1 aliphatic rings. The Hall–Kier alpha value is -2.93. The highest BCUT2D eigenvalue weighted by Crippen LogP contribution is 2.27. The number of nitrogens with zero attached hydrogens (tertiary/aromatic N) is 1. The van der Waals surface area contributed by atoms with Crippen molar-refractivity contribution in [3.05, 3.63) is 59.0 Å². The average molecular weight is 370 g/mol. The molecule has 0 radical (unpaired) electrons. The fourth-order valence-corrected chi connectivity index (χ4v) is 2.93. The number of nitrogens with two attached hydrogens (primary N) is 1. The van der Waals surface area contributed by atoms with Gasteiger partial charge in [-0.05, 0) is 47.7 Å². The number of benzene rings is 2. The highest BCUT2D eigenvalue weighted by atomic mass is 32.2. The van der Waals surface area contributed by atoms with Gasteiger partial charge >= 0.3 is 0 Å². The Morgan fingerprint density at radius 2 is 1.73 bits per heavy atom. The van der Waals surface area contributed by atoms with Crippen LogP contribution in [0.15, 0.2) is 58.4 Å². The van der Waals surface area contributed by atoms with Crippen molar-refractivity contribution in [3.63, 3.8) is 0 Å². The van der Waals surface area contributed by atoms with Crippen molar-refractivity contribution in [2.75, 3.05) is 20.3 Å². The number of rotatable bonds is 7. The number of carbonyl (C=O) groups is 1. The standard InChI is InChI=1S/C19H18N2O4S/c1-23-15-3-2-4-16(12-15)25-10-9-24-14-7-5-13(6-8-14)11-17-18(22)21-19(20)26-17/h2-8,11-12H,9-10H2,1H3,(H2,20,21,22)/b17-11-. The van der Waals surface area contributed by atoms with Gasteiger partial charge in [0, 0.05) is 6.07 Å². The van der Waals surface area contributed by atoms with Gasteiger partial charge in [-0.25, -0.2) is 0 Å². The maximum absolute atomic E-state index is 11.6. The quantitative estimate of drug-likeness (QED) is 0.596. The van der Waals surface area contributed by atoms with Crippen molar-refractivity contribution in [1.29, 1.82) is 0 Å². The van der Waals surface area contributed by atoms with Crippen LogP contribution in [0, 0.1) is 0 Å². The van der Waals surface area contributed by atoms with Gasteiger partial charge in [0.05, 0.1) is 12.0 Å². The normalized spacial score (nSPS) is 15.0. The summed E-state index contributed by atoms with van der Waals surface area (Å²) in [5, 5.41) is 0.275. The molecule has 0 aliphatic carbocycles. The van der Waals surface area contributed by atoms with Crippen LogP contribution in [0.4, 0.5) is 0 Å². The van der Waals surface area contributed by atoms with Gasteiger partial charge in [0.2, 0.25) is 0 Å². The van der Waals surface area contributed by atoms with Crippen LogP contribution >= 0.6 is 11.8 Å². The minimum absolute atomic E-state index is 0.275. The largest absolute Gasteiger partial charge is 0.497 e. The highest BCUT2D eigenvalue weighted by Gasteiger charge is 2.19. The lowest BCUT2D eigenvalue weighted by Gasteiger charge is -2.09. The smallest absolute Gasteiger partial charge is 0.286 e. The van der Waals surface area contributed by atoms with Gasteiger partial charge in [0.15, 0.2) is 5.17 Å². The molecule has 0 saturated heterocycles. The number of hydrogen-bond donors (Lipinski definition) is 1. The van der Waals surface area contributed by atoms with Crippen LogP contribution in [0.3, 0.4) is 0 Å². The number of ether oxygens (including phenoxy) is 3. The number of hydrogen-bond acceptors (Lipinski definition) is 6. The van der Waals surface area contributed by atoms with E-state index in [0.29, 0.717) is 18.1 Å². The number of thioether (sulfide) groups is 1. The maximum atomic E-state index is 11.6. The van der Waals surface area contributed by atoms with Crippen LogP contribution < -0.4 is 19.9 Å². The topological polar surface area (TPSA) is 83.1 Å². The third-order valence-corrected chi connectivity index (χ3v) is 4.29. The first-order valence-electron chi connectivity index (χ1n) is 7.92. The van der Waals surface area contributed by atoms with Gasteiger partial charge in [0.25, 0.3) is 5.91 Å². The van der Waals surface area contributed by atoms with E-state index in [9.17, 15) is 4.79 Å². The second-order valence-corrected chi connectivity index (χ2v) is 6.37. The van der Waals surface area contributed by atoms with Crippen molar-refractivity contribution in [1.82, 2.24) is 0 Å². The zero-order valence-electron chi connectivity index (χ0n) is 14.2. The molecule has 1 amide bonds. The molecule has 0 aromatic heterocycles. The van der Waals surface area contributed by atoms with E-state index in [4.69, 9.17) is 19.9 Å². The molecule has 0 spiro atoms. The predicted octanol–water partition coefficient (Wildman–Crippen LogP) is 3.08. The molecule has 0 atom stereocenters. The summed E-state index contributed by atoms with van der Waals surface area (Å²) in [6, 6.07) is 14.8. The number of amidine groups is 1. The van der Waals surface area contributed by atoms with E-state index >= 15 is 0 Å². The lowest BCUT2D eigenvalue weighted by molar-refractivity contribution is -0.113. The van der Waals surface area contributed by atoms with E-state index in [0.717, 1.165) is 22.8 Å². The molecule has 2 N–H and O–H groups in total. The van der Waals surface area contributed by atoms with Crippen molar-refractivity contribution in [2.24, 2.45) is 10.7 Å². The second kappa shape index (κ2) is 8.44. The van der Waals surface area contributed by atoms with Gasteiger partial charge in [-0.3, -0.25) is 4.79 Å². The van der Waals surface area contributed by atoms with Gasteiger partial charge in [-0.2, -0.15) is 4.99 Å². The van der Waals surface area contributed by atoms with Gasteiger partial charge in [-0.15, -0.1) is 0 Å². The maximum Gasteiger partial charge on any atom is 0.286 e. The van der Waals surface area contributed by atoms with Crippen LogP contribution in [0.25, 0.3) is 6.08 Å². The molecule has 6 nitrogen and oxygen atoms in total. The Kier molecular flexibility index (Phi) is 5.80. The summed E-state index contributed by atoms with van der Waals surface area (Å²) in [4.78, 5) is 15.8. The van der Waals surface area contributed by atoms with E-state index in [1.54, 1.807) is 13.2 Å². The summed E-state index contributed by atoms with van der Waals surface area (Å²) in [5.74, 6) is 1.90. The van der Waals surface area contributed by atoms with Gasteiger partial charge in [0.1, 0.15) is 30.5 Å². The first kappa shape index (κ1) is 17.9. The minimum Gasteiger partial charge on any atom is -0.497 e. The minimum atomic E-state index is -0.303. The number of aliphatic imine (C=N–C) groups is 1. The van der Waals surface area contributed by atoms with Crippen molar-refractivity contribution >= 4 is 28.9 Å². The molecule has 2 aromatic rings. The lowest BCUT2D eigenvalue weighted by Crippen LogP contribution is -2.08. The van der Waals surface area contributed by atoms with Crippen LogP contribution in [-0.4, -0.2) is 31.4 Å². The molecule has 1 heterocycles. The molecule has 3 rings (SSSR count). The van der Waals surface area contributed by atoms with Crippen molar-refractivity contribution < 1.29 is 19.0 Å². The molecule has 0 saturated carbocycles. The molecule has 0 unspecified atom stereocenters. The Labute approximate surface area is 155 Å². The zero-order valence-corrected chi connectivity index (χ0v) is 15.0. The molecule has 0 bridgehead atoms. The van der Waals surface area contributed by atoms with E-state index in [-0.39, 0.29) is 11.1 Å². The Morgan fingerprint density at radius 1 is 1.04 bits per heavy atom. The molecular weight excluding hydrogens is 352 g/mol. The number of amides is 1. The van der Waals surface area contributed by atoms with Gasteiger partial charge < -0.3 is 19.9 Å². The molecule has 1 aliphatic heterocycles. The molecule has 134 valence electrons. The number of methoxy groups -OCH3 is 1. The predicted molar refractivity (Wildman–Crippen MR) is 103 cm³/mol. The number of carbonyl (C=O) groups excluding carboxylic acids is 1. The summed E-state index contributed by atoms with van der Waals surface area (Å²) in [7, 11) is 1.62. The Morgan fingerprint density at radius 3 is 2.38 bits per heavy atom. The SMILES string of the molecule is COc1cccc(OCCOc2ccc(/C=C3\SC(N)=NC3=O)cc2)c1. The van der Waals surface area contributed by atoms with Crippen molar-refractivity contribution in [2.45, 2.75) is 0 Å². The molecule has 2 aromatic carbocycles. The fraction of sp³-hybridized carbons (Fsp3) is 0.158. The summed E-state index contributed by atoms with van der Waals surface area (Å²) in [6.45, 7) is 0.830. The Balaban J connectivity index is 1.47. The highest BCUT2D eigenvalue weighted by molar-refractivity contribution is 8.18. The second-order valence-electron chi connectivity index (χ2n) is 5.31. The van der Waals surface area contributed by atoms with Gasteiger partial charge in [-0.1, -0.05) is 18.2 Å². The summed E-state index contributed by atoms with van der Waals surface area (Å²) in [6.07, 6.45) is 1.76. The first-order valence-corrected chi connectivity index (χ1v) is 8.73. The lowest BCUT2D eigenvalue weighted by atomic mass is 10.2. The molecule has 7 heteroatoms. The monoisotopic (exact) mass is 370 g/mol. The van der Waals surface area contributed by atoms with Crippen LogP contribution in [0.5, 0.6) is 17.2 Å². The summed E-state index contributed by atoms with van der Waals surface area (Å²) >= 11 is 1.17. The third-order valence-electron chi connectivity index (χ3n) is 3.48. The average Bonchev–Trinajstić information content (AvgIpc) is 2.97. The van der Waals surface area contributed by atoms with E-state index in [2.05, 4.69) is 4.99 Å². The molecule has 0 fully saturated rings. The van der Waals surface area contributed by atoms with Crippen LogP contribution in [0.2, 0.25) is 0 Å². The van der Waals surface area contributed by atoms with Crippen LogP contribution in [-0.2, 0) is 4.79 Å². The van der Waals surface area contributed by atoms with E-state index in [1.807, 2.05) is 48.5 Å². The van der Waals surface area contributed by atoms with Crippen molar-refractivity contribution in [3.8, 4) is 17.2 Å². The summed E-state index contributed by atoms with van der Waals surface area (Å²) in [5.41, 5.74) is 6.41. The van der Waals surface area contributed by atoms with Crippen LogP contribution in [0.1, 0.15) is 5.56 Å². The third kappa shape index (κ3) is 4.80. The first-order chi connectivity index (χ1) is 12.6. The van der Waals surface area contributed by atoms with E-state index in [1.165, 1.54) is 11.8 Å². The fourth-order valence-electron chi connectivity index (χ4n) is 2.25. The summed E-state index contributed by atoms with van der Waals surface area (Å²) < 4.78 is 16.4. The zero-order chi connectivity index (χ0) is 18.4. The molecular formula is C19H18N2O4S. The van der Waals surface area contributed by atoms with E-state index < -0.39 is 0 Å².